The summed E-state index contributed by atoms with van der Waals surface area (Å²) in [5.41, 5.74) is 2.50. The lowest BCUT2D eigenvalue weighted by Crippen LogP contribution is -2.20. The molecule has 6 nitrogen and oxygen atoms in total. The van der Waals surface area contributed by atoms with Crippen molar-refractivity contribution in [2.75, 3.05) is 10.6 Å². The number of pyridine rings is 1. The molecule has 3 N–H and O–H groups in total. The van der Waals surface area contributed by atoms with Gasteiger partial charge in [0.15, 0.2) is 0 Å². The Morgan fingerprint density at radius 3 is 2.57 bits per heavy atom. The molecule has 0 spiro atoms. The van der Waals surface area contributed by atoms with Crippen LogP contribution in [-0.2, 0) is 0 Å². The number of aromatic nitrogens is 1. The Balaban J connectivity index is 2.12. The monoisotopic (exact) mass is 285 g/mol. The standard InChI is InChI=1S/C15H15N3O3/c1-9-5-6-11(8-12(9)14(19)20)17-15(21)18-13-4-3-7-16-10(13)2/h3-8H,1-2H3,(H,19,20)(H2,17,18,21). The van der Waals surface area contributed by atoms with Gasteiger partial charge in [0, 0.05) is 11.9 Å². The van der Waals surface area contributed by atoms with Gasteiger partial charge in [0.2, 0.25) is 0 Å². The number of aryl methyl sites for hydroxylation is 2. The number of benzene rings is 1. The smallest absolute Gasteiger partial charge is 0.336 e. The van der Waals surface area contributed by atoms with Gasteiger partial charge < -0.3 is 15.7 Å². The van der Waals surface area contributed by atoms with Crippen molar-refractivity contribution in [3.63, 3.8) is 0 Å². The van der Waals surface area contributed by atoms with Crippen LogP contribution in [0.3, 0.4) is 0 Å². The number of carboxylic acid groups (broad SMARTS) is 1. The topological polar surface area (TPSA) is 91.3 Å². The number of hydrogen-bond donors (Lipinski definition) is 3. The predicted molar refractivity (Wildman–Crippen MR) is 79.8 cm³/mol. The highest BCUT2D eigenvalue weighted by Gasteiger charge is 2.10. The first-order valence-corrected chi connectivity index (χ1v) is 6.31. The summed E-state index contributed by atoms with van der Waals surface area (Å²) in [5.74, 6) is -1.03. The van der Waals surface area contributed by atoms with Crippen molar-refractivity contribution in [2.45, 2.75) is 13.8 Å². The molecule has 6 heteroatoms. The molecule has 0 aliphatic rings. The number of carbonyl (C=O) groups excluding carboxylic acids is 1. The second-order valence-corrected chi connectivity index (χ2v) is 4.55. The summed E-state index contributed by atoms with van der Waals surface area (Å²) in [6, 6.07) is 7.72. The van der Waals surface area contributed by atoms with Gasteiger partial charge in [-0.25, -0.2) is 9.59 Å². The van der Waals surface area contributed by atoms with Crippen LogP contribution in [0.1, 0.15) is 21.6 Å². The van der Waals surface area contributed by atoms with E-state index >= 15 is 0 Å². The molecule has 0 saturated heterocycles. The average molecular weight is 285 g/mol. The SMILES string of the molecule is Cc1ccc(NC(=O)Nc2cccnc2C)cc1C(=O)O. The number of carbonyl (C=O) groups is 2. The van der Waals surface area contributed by atoms with Crippen molar-refractivity contribution in [2.24, 2.45) is 0 Å². The quantitative estimate of drug-likeness (QED) is 0.808. The summed E-state index contributed by atoms with van der Waals surface area (Å²) < 4.78 is 0. The zero-order chi connectivity index (χ0) is 15.4. The van der Waals surface area contributed by atoms with E-state index in [1.165, 1.54) is 6.07 Å². The summed E-state index contributed by atoms with van der Waals surface area (Å²) in [7, 11) is 0. The Labute approximate surface area is 121 Å². The maximum atomic E-state index is 11.9. The molecule has 0 bridgehead atoms. The van der Waals surface area contributed by atoms with Crippen molar-refractivity contribution in [1.29, 1.82) is 0 Å². The van der Waals surface area contributed by atoms with E-state index in [0.717, 1.165) is 0 Å². The van der Waals surface area contributed by atoms with Gasteiger partial charge in [-0.2, -0.15) is 0 Å². The van der Waals surface area contributed by atoms with Crippen LogP contribution in [0.2, 0.25) is 0 Å². The number of carboxylic acids is 1. The van der Waals surface area contributed by atoms with E-state index < -0.39 is 12.0 Å². The summed E-state index contributed by atoms with van der Waals surface area (Å²) in [6.07, 6.45) is 1.64. The van der Waals surface area contributed by atoms with Crippen LogP contribution in [0, 0.1) is 13.8 Å². The largest absolute Gasteiger partial charge is 0.478 e. The number of rotatable bonds is 3. The number of aromatic carboxylic acids is 1. The maximum Gasteiger partial charge on any atom is 0.336 e. The number of anilines is 2. The molecular formula is C15H15N3O3. The molecule has 108 valence electrons. The summed E-state index contributed by atoms with van der Waals surface area (Å²) in [4.78, 5) is 27.0. The third-order valence-electron chi connectivity index (χ3n) is 2.98. The van der Waals surface area contributed by atoms with Gasteiger partial charge in [-0.3, -0.25) is 4.98 Å². The van der Waals surface area contributed by atoms with Gasteiger partial charge >= 0.3 is 12.0 Å². The Morgan fingerprint density at radius 1 is 1.14 bits per heavy atom. The fourth-order valence-electron chi connectivity index (χ4n) is 1.83. The first kappa shape index (κ1) is 14.5. The third-order valence-corrected chi connectivity index (χ3v) is 2.98. The third kappa shape index (κ3) is 3.56. The van der Waals surface area contributed by atoms with Crippen molar-refractivity contribution >= 4 is 23.4 Å². The lowest BCUT2D eigenvalue weighted by Gasteiger charge is -2.10. The zero-order valence-electron chi connectivity index (χ0n) is 11.7. The van der Waals surface area contributed by atoms with Crippen molar-refractivity contribution < 1.29 is 14.7 Å². The molecule has 0 aliphatic heterocycles. The number of hydrogen-bond acceptors (Lipinski definition) is 3. The Kier molecular flexibility index (Phi) is 4.18. The normalized spacial score (nSPS) is 10.0. The molecule has 21 heavy (non-hydrogen) atoms. The van der Waals surface area contributed by atoms with Crippen LogP contribution in [-0.4, -0.2) is 22.1 Å². The van der Waals surface area contributed by atoms with Crippen LogP contribution in [0.4, 0.5) is 16.2 Å². The molecule has 2 aromatic rings. The molecule has 1 aromatic heterocycles. The van der Waals surface area contributed by atoms with Crippen LogP contribution in [0.5, 0.6) is 0 Å². The minimum Gasteiger partial charge on any atom is -0.478 e. The average Bonchev–Trinajstić information content (AvgIpc) is 2.43. The van der Waals surface area contributed by atoms with Crippen LogP contribution in [0.25, 0.3) is 0 Å². The number of nitrogens with one attached hydrogen (secondary N) is 2. The Bertz CT molecular complexity index is 698. The molecule has 0 fully saturated rings. The minimum absolute atomic E-state index is 0.158. The molecule has 2 amide bonds. The lowest BCUT2D eigenvalue weighted by atomic mass is 10.1. The fraction of sp³-hybridized carbons (Fsp3) is 0.133. The second kappa shape index (κ2) is 6.04. The second-order valence-electron chi connectivity index (χ2n) is 4.55. The van der Waals surface area contributed by atoms with E-state index in [2.05, 4.69) is 15.6 Å². The van der Waals surface area contributed by atoms with E-state index in [9.17, 15) is 9.59 Å². The predicted octanol–water partition coefficient (Wildman–Crippen LogP) is 3.04. The van der Waals surface area contributed by atoms with E-state index in [-0.39, 0.29) is 5.56 Å². The molecule has 0 saturated carbocycles. The highest BCUT2D eigenvalue weighted by atomic mass is 16.4. The Hall–Kier alpha value is -2.89. The van der Waals surface area contributed by atoms with Crippen LogP contribution >= 0.6 is 0 Å². The molecule has 2 rings (SSSR count). The highest BCUT2D eigenvalue weighted by molar-refractivity contribution is 6.01. The molecule has 0 atom stereocenters. The van der Waals surface area contributed by atoms with Gasteiger partial charge in [0.25, 0.3) is 0 Å². The minimum atomic E-state index is -1.03. The molecule has 0 unspecified atom stereocenters. The molecular weight excluding hydrogens is 270 g/mol. The fourth-order valence-corrected chi connectivity index (χ4v) is 1.83. The molecule has 1 aromatic carbocycles. The van der Waals surface area contributed by atoms with Crippen molar-refractivity contribution in [3.8, 4) is 0 Å². The maximum absolute atomic E-state index is 11.9. The lowest BCUT2D eigenvalue weighted by molar-refractivity contribution is 0.0696. The summed E-state index contributed by atoms with van der Waals surface area (Å²) in [5, 5.41) is 14.3. The van der Waals surface area contributed by atoms with E-state index in [1.807, 2.05) is 0 Å². The van der Waals surface area contributed by atoms with E-state index in [1.54, 1.807) is 44.3 Å². The molecule has 0 radical (unpaired) electrons. The highest BCUT2D eigenvalue weighted by Crippen LogP contribution is 2.16. The van der Waals surface area contributed by atoms with Gasteiger partial charge in [-0.15, -0.1) is 0 Å². The summed E-state index contributed by atoms with van der Waals surface area (Å²) in [6.45, 7) is 3.48. The summed E-state index contributed by atoms with van der Waals surface area (Å²) >= 11 is 0. The van der Waals surface area contributed by atoms with Gasteiger partial charge in [0.05, 0.1) is 16.9 Å². The van der Waals surface area contributed by atoms with E-state index in [4.69, 9.17) is 5.11 Å². The van der Waals surface area contributed by atoms with Crippen molar-refractivity contribution in [1.82, 2.24) is 4.98 Å². The van der Waals surface area contributed by atoms with Crippen LogP contribution < -0.4 is 10.6 Å². The van der Waals surface area contributed by atoms with Gasteiger partial charge in [-0.1, -0.05) is 6.07 Å². The first-order chi connectivity index (χ1) is 9.97. The zero-order valence-corrected chi connectivity index (χ0v) is 11.7. The van der Waals surface area contributed by atoms with E-state index in [0.29, 0.717) is 22.6 Å². The number of nitrogens with zero attached hydrogens (tertiary/aromatic N) is 1. The molecule has 0 aliphatic carbocycles. The Morgan fingerprint density at radius 2 is 1.90 bits per heavy atom. The van der Waals surface area contributed by atoms with Crippen molar-refractivity contribution in [3.05, 3.63) is 53.3 Å². The first-order valence-electron chi connectivity index (χ1n) is 6.31. The van der Waals surface area contributed by atoms with Gasteiger partial charge in [0.1, 0.15) is 0 Å². The molecule has 1 heterocycles. The van der Waals surface area contributed by atoms with Gasteiger partial charge in [-0.05, 0) is 43.7 Å². The van der Waals surface area contributed by atoms with Crippen LogP contribution in [0.15, 0.2) is 36.5 Å². The number of amides is 2. The number of urea groups is 1.